The lowest BCUT2D eigenvalue weighted by atomic mass is 10.1. The number of carboxylic acid groups (broad SMARTS) is 1. The molecule has 2 N–H and O–H groups in total. The molecule has 0 unspecified atom stereocenters. The fourth-order valence-electron chi connectivity index (χ4n) is 1.54. The highest BCUT2D eigenvalue weighted by molar-refractivity contribution is 7.99. The van der Waals surface area contributed by atoms with Crippen LogP contribution in [0.2, 0.25) is 0 Å². The summed E-state index contributed by atoms with van der Waals surface area (Å²) in [6.45, 7) is 0. The molecule has 0 aliphatic carbocycles. The fourth-order valence-corrected chi connectivity index (χ4v) is 2.37. The SMILES string of the molecule is Cn1c(Sc2ccc(C(F)(F)F)c(C(=O)O)c2)n[nH]c1=O. The van der Waals surface area contributed by atoms with E-state index in [1.165, 1.54) is 7.05 Å². The standard InChI is InChI=1S/C11H8F3N3O3S/c1-17-9(20)15-16-10(17)21-5-2-3-7(11(12,13)14)6(4-5)8(18)19/h2-4H,1H3,(H,15,20)(H,18,19). The zero-order valence-electron chi connectivity index (χ0n) is 10.4. The molecule has 0 fully saturated rings. The molecule has 1 aromatic carbocycles. The molecule has 0 aliphatic rings. The van der Waals surface area contributed by atoms with Gasteiger partial charge in [-0.1, -0.05) is 0 Å². The summed E-state index contributed by atoms with van der Waals surface area (Å²) in [5.74, 6) is -1.68. The normalized spacial score (nSPS) is 11.6. The zero-order chi connectivity index (χ0) is 15.8. The Morgan fingerprint density at radius 3 is 2.57 bits per heavy atom. The number of aromatic nitrogens is 3. The summed E-state index contributed by atoms with van der Waals surface area (Å²) >= 11 is 0.876. The van der Waals surface area contributed by atoms with E-state index in [0.717, 1.165) is 28.5 Å². The second-order valence-corrected chi connectivity index (χ2v) is 5.02. The van der Waals surface area contributed by atoms with Gasteiger partial charge in [0.1, 0.15) is 0 Å². The minimum Gasteiger partial charge on any atom is -0.478 e. The molecule has 6 nitrogen and oxygen atoms in total. The van der Waals surface area contributed by atoms with Crippen molar-refractivity contribution in [3.63, 3.8) is 0 Å². The first kappa shape index (κ1) is 15.2. The van der Waals surface area contributed by atoms with Crippen molar-refractivity contribution in [2.75, 3.05) is 0 Å². The Morgan fingerprint density at radius 1 is 1.43 bits per heavy atom. The number of alkyl halides is 3. The Balaban J connectivity index is 2.43. The summed E-state index contributed by atoms with van der Waals surface area (Å²) in [5.41, 5.74) is -2.56. The van der Waals surface area contributed by atoms with Gasteiger partial charge >= 0.3 is 17.8 Å². The molecule has 112 valence electrons. The molecule has 21 heavy (non-hydrogen) atoms. The number of nitrogens with zero attached hydrogens (tertiary/aromatic N) is 2. The van der Waals surface area contributed by atoms with Crippen molar-refractivity contribution >= 4 is 17.7 Å². The van der Waals surface area contributed by atoms with Crippen molar-refractivity contribution in [1.29, 1.82) is 0 Å². The number of hydrogen-bond donors (Lipinski definition) is 2. The number of carboxylic acids is 1. The Kier molecular flexibility index (Phi) is 3.81. The van der Waals surface area contributed by atoms with Crippen LogP contribution in [0.3, 0.4) is 0 Å². The van der Waals surface area contributed by atoms with Gasteiger partial charge in [0.05, 0.1) is 11.1 Å². The molecule has 2 rings (SSSR count). The van der Waals surface area contributed by atoms with Gasteiger partial charge in [0, 0.05) is 11.9 Å². The molecule has 0 radical (unpaired) electrons. The third kappa shape index (κ3) is 3.10. The van der Waals surface area contributed by atoms with Gasteiger partial charge in [0.25, 0.3) is 0 Å². The molecular weight excluding hydrogens is 311 g/mol. The van der Waals surface area contributed by atoms with E-state index in [9.17, 15) is 22.8 Å². The van der Waals surface area contributed by atoms with Crippen LogP contribution in [-0.4, -0.2) is 25.8 Å². The Hall–Kier alpha value is -2.23. The number of aromatic amines is 1. The minimum absolute atomic E-state index is 0.205. The summed E-state index contributed by atoms with van der Waals surface area (Å²) in [4.78, 5) is 22.4. The number of hydrogen-bond acceptors (Lipinski definition) is 4. The molecule has 1 heterocycles. The van der Waals surface area contributed by atoms with Crippen LogP contribution < -0.4 is 5.69 Å². The lowest BCUT2D eigenvalue weighted by molar-refractivity contribution is -0.138. The molecule has 0 saturated carbocycles. The van der Waals surface area contributed by atoms with Gasteiger partial charge in [0.2, 0.25) is 0 Å². The quantitative estimate of drug-likeness (QED) is 0.903. The zero-order valence-corrected chi connectivity index (χ0v) is 11.2. The van der Waals surface area contributed by atoms with E-state index in [4.69, 9.17) is 5.11 Å². The van der Waals surface area contributed by atoms with Crippen LogP contribution in [0.15, 0.2) is 33.0 Å². The van der Waals surface area contributed by atoms with Gasteiger partial charge in [-0.3, -0.25) is 4.57 Å². The third-order valence-electron chi connectivity index (χ3n) is 2.57. The number of nitrogens with one attached hydrogen (secondary N) is 1. The molecule has 0 atom stereocenters. The topological polar surface area (TPSA) is 88.0 Å². The lowest BCUT2D eigenvalue weighted by Gasteiger charge is -2.11. The molecule has 2 aromatic rings. The van der Waals surface area contributed by atoms with E-state index in [-0.39, 0.29) is 10.1 Å². The van der Waals surface area contributed by atoms with Crippen molar-refractivity contribution < 1.29 is 23.1 Å². The van der Waals surface area contributed by atoms with Gasteiger partial charge in [-0.05, 0) is 30.0 Å². The van der Waals surface area contributed by atoms with Crippen LogP contribution in [0.1, 0.15) is 15.9 Å². The highest BCUT2D eigenvalue weighted by atomic mass is 32.2. The van der Waals surface area contributed by atoms with Gasteiger partial charge < -0.3 is 5.11 Å². The molecule has 0 bridgehead atoms. The van der Waals surface area contributed by atoms with Crippen LogP contribution in [-0.2, 0) is 13.2 Å². The van der Waals surface area contributed by atoms with E-state index in [1.807, 2.05) is 0 Å². The van der Waals surface area contributed by atoms with E-state index in [0.29, 0.717) is 6.07 Å². The maximum atomic E-state index is 12.7. The highest BCUT2D eigenvalue weighted by Crippen LogP contribution is 2.35. The Morgan fingerprint density at radius 2 is 2.10 bits per heavy atom. The third-order valence-corrected chi connectivity index (χ3v) is 3.61. The number of benzene rings is 1. The largest absolute Gasteiger partial charge is 0.478 e. The molecule has 10 heteroatoms. The van der Waals surface area contributed by atoms with Crippen molar-refractivity contribution in [2.45, 2.75) is 16.2 Å². The van der Waals surface area contributed by atoms with E-state index in [2.05, 4.69) is 10.2 Å². The van der Waals surface area contributed by atoms with Gasteiger partial charge in [-0.2, -0.15) is 13.2 Å². The molecule has 0 aliphatic heterocycles. The van der Waals surface area contributed by atoms with Gasteiger partial charge in [-0.15, -0.1) is 5.10 Å². The van der Waals surface area contributed by atoms with E-state index in [1.54, 1.807) is 0 Å². The predicted octanol–water partition coefficient (Wildman–Crippen LogP) is 1.98. The smallest absolute Gasteiger partial charge is 0.417 e. The maximum Gasteiger partial charge on any atom is 0.417 e. The first-order valence-corrected chi connectivity index (χ1v) is 6.25. The summed E-state index contributed by atoms with van der Waals surface area (Å²) < 4.78 is 39.3. The average molecular weight is 319 g/mol. The molecule has 0 amide bonds. The second-order valence-electron chi connectivity index (χ2n) is 3.98. The fraction of sp³-hybridized carbons (Fsp3) is 0.182. The summed E-state index contributed by atoms with van der Waals surface area (Å²) in [6, 6.07) is 2.71. The monoisotopic (exact) mass is 319 g/mol. The summed E-state index contributed by atoms with van der Waals surface area (Å²) in [6.07, 6.45) is -4.75. The number of aromatic carboxylic acids is 1. The number of carbonyl (C=O) groups is 1. The second kappa shape index (κ2) is 5.28. The number of H-pyrrole nitrogens is 1. The summed E-state index contributed by atoms with van der Waals surface area (Å²) in [7, 11) is 1.43. The van der Waals surface area contributed by atoms with Crippen LogP contribution in [0.25, 0.3) is 0 Å². The number of halogens is 3. The van der Waals surface area contributed by atoms with E-state index >= 15 is 0 Å². The first-order chi connectivity index (χ1) is 9.70. The summed E-state index contributed by atoms with van der Waals surface area (Å²) in [5, 5.41) is 14.9. The predicted molar refractivity (Wildman–Crippen MR) is 66.4 cm³/mol. The van der Waals surface area contributed by atoms with Crippen molar-refractivity contribution in [2.24, 2.45) is 7.05 Å². The lowest BCUT2D eigenvalue weighted by Crippen LogP contribution is -2.13. The van der Waals surface area contributed by atoms with Crippen molar-refractivity contribution in [3.05, 3.63) is 39.8 Å². The molecule has 0 spiro atoms. The molecule has 0 saturated heterocycles. The van der Waals surface area contributed by atoms with Gasteiger partial charge in [0.15, 0.2) is 5.16 Å². The van der Waals surface area contributed by atoms with Crippen LogP contribution in [0, 0.1) is 0 Å². The van der Waals surface area contributed by atoms with Crippen LogP contribution >= 0.6 is 11.8 Å². The first-order valence-electron chi connectivity index (χ1n) is 5.44. The maximum absolute atomic E-state index is 12.7. The van der Waals surface area contributed by atoms with Crippen LogP contribution in [0.5, 0.6) is 0 Å². The number of rotatable bonds is 3. The van der Waals surface area contributed by atoms with Crippen molar-refractivity contribution in [3.8, 4) is 0 Å². The average Bonchev–Trinajstić information content (AvgIpc) is 2.69. The van der Waals surface area contributed by atoms with Gasteiger partial charge in [-0.25, -0.2) is 14.7 Å². The van der Waals surface area contributed by atoms with E-state index < -0.39 is 29.0 Å². The Labute approximate surface area is 119 Å². The highest BCUT2D eigenvalue weighted by Gasteiger charge is 2.35. The minimum atomic E-state index is -4.75. The molecular formula is C11H8F3N3O3S. The van der Waals surface area contributed by atoms with Crippen molar-refractivity contribution in [1.82, 2.24) is 14.8 Å². The molecule has 1 aromatic heterocycles. The Bertz CT molecular complexity index is 751. The van der Waals surface area contributed by atoms with Crippen LogP contribution in [0.4, 0.5) is 13.2 Å².